The summed E-state index contributed by atoms with van der Waals surface area (Å²) in [5.41, 5.74) is 4.45. The van der Waals surface area contributed by atoms with E-state index >= 15 is 0 Å². The minimum absolute atomic E-state index is 0.130. The normalized spacial score (nSPS) is 11.2. The molecule has 0 unspecified atom stereocenters. The largest absolute Gasteiger partial charge is 0.348 e. The molecule has 2 N–H and O–H groups in total. The van der Waals surface area contributed by atoms with Crippen LogP contribution >= 0.6 is 53.4 Å². The number of para-hydroxylation sites is 2. The van der Waals surface area contributed by atoms with Crippen LogP contribution in [-0.4, -0.2) is 35.9 Å². The number of hydrogen-bond donors (Lipinski definition) is 2. The standard InChI is InChI=1S/C32H24Br2N4O2S2/c1-37(21-9-5-3-6-10-21)31(39)27-23-17-19(33)13-15-25(23)35-29(27)41-42-30-28(24-18-20(34)14-16-26(24)36-30)32(40)38(2)22-11-7-4-8-12-22/h3-18,35-36H,1-2H3. The van der Waals surface area contributed by atoms with Crippen molar-refractivity contribution in [3.05, 3.63) is 117 Å². The van der Waals surface area contributed by atoms with Gasteiger partial charge in [0.15, 0.2) is 0 Å². The molecule has 42 heavy (non-hydrogen) atoms. The fourth-order valence-corrected chi connectivity index (χ4v) is 7.79. The number of benzene rings is 4. The SMILES string of the molecule is CN(C(=O)c1c(SSc2[nH]c3ccc(Br)cc3c2C(=O)N(C)c2ccccc2)[nH]c2ccc(Br)cc12)c1ccccc1. The Morgan fingerprint density at radius 2 is 0.976 bits per heavy atom. The molecule has 6 nitrogen and oxygen atoms in total. The summed E-state index contributed by atoms with van der Waals surface area (Å²) < 4.78 is 1.76. The highest BCUT2D eigenvalue weighted by Gasteiger charge is 2.27. The van der Waals surface area contributed by atoms with Gasteiger partial charge in [-0.25, -0.2) is 0 Å². The fraction of sp³-hybridized carbons (Fsp3) is 0.0625. The van der Waals surface area contributed by atoms with Gasteiger partial charge < -0.3 is 19.8 Å². The molecule has 10 heteroatoms. The molecule has 0 aliphatic rings. The molecule has 0 bridgehead atoms. The van der Waals surface area contributed by atoms with Crippen LogP contribution in [-0.2, 0) is 0 Å². The Bertz CT molecular complexity index is 1800. The van der Waals surface area contributed by atoms with Crippen LogP contribution in [0.4, 0.5) is 11.4 Å². The highest BCUT2D eigenvalue weighted by atomic mass is 79.9. The van der Waals surface area contributed by atoms with Gasteiger partial charge >= 0.3 is 0 Å². The van der Waals surface area contributed by atoms with Gasteiger partial charge in [-0.1, -0.05) is 68.3 Å². The summed E-state index contributed by atoms with van der Waals surface area (Å²) in [6, 6.07) is 30.9. The zero-order valence-electron chi connectivity index (χ0n) is 22.5. The lowest BCUT2D eigenvalue weighted by Gasteiger charge is -2.18. The molecular formula is C32H24Br2N4O2S2. The second-order valence-electron chi connectivity index (χ2n) is 9.60. The van der Waals surface area contributed by atoms with Gasteiger partial charge in [-0.3, -0.25) is 9.59 Å². The quantitative estimate of drug-likeness (QED) is 0.161. The van der Waals surface area contributed by atoms with Gasteiger partial charge in [0.1, 0.15) is 0 Å². The van der Waals surface area contributed by atoms with Crippen LogP contribution in [0.25, 0.3) is 21.8 Å². The molecule has 6 rings (SSSR count). The summed E-state index contributed by atoms with van der Waals surface area (Å²) in [5, 5.41) is 3.05. The number of anilines is 2. The molecule has 0 spiro atoms. The zero-order valence-corrected chi connectivity index (χ0v) is 27.3. The number of carbonyl (C=O) groups is 2. The molecule has 0 aliphatic heterocycles. The summed E-state index contributed by atoms with van der Waals surface area (Å²) in [6.07, 6.45) is 0. The smallest absolute Gasteiger partial charge is 0.261 e. The van der Waals surface area contributed by atoms with Crippen LogP contribution in [0.2, 0.25) is 0 Å². The third kappa shape index (κ3) is 5.51. The van der Waals surface area contributed by atoms with E-state index < -0.39 is 0 Å². The summed E-state index contributed by atoms with van der Waals surface area (Å²) in [7, 11) is 6.39. The molecule has 2 heterocycles. The van der Waals surface area contributed by atoms with Crippen molar-refractivity contribution in [2.75, 3.05) is 23.9 Å². The Morgan fingerprint density at radius 3 is 1.36 bits per heavy atom. The minimum Gasteiger partial charge on any atom is -0.348 e. The minimum atomic E-state index is -0.130. The van der Waals surface area contributed by atoms with E-state index in [4.69, 9.17) is 0 Å². The number of nitrogens with one attached hydrogen (secondary N) is 2. The third-order valence-electron chi connectivity index (χ3n) is 6.98. The summed E-state index contributed by atoms with van der Waals surface area (Å²) in [6.45, 7) is 0. The Labute approximate surface area is 267 Å². The number of rotatable bonds is 7. The van der Waals surface area contributed by atoms with Crippen LogP contribution < -0.4 is 9.80 Å². The molecule has 0 radical (unpaired) electrons. The number of amides is 2. The predicted molar refractivity (Wildman–Crippen MR) is 182 cm³/mol. The fourth-order valence-electron chi connectivity index (χ4n) is 4.78. The van der Waals surface area contributed by atoms with E-state index in [0.717, 1.165) is 42.1 Å². The topological polar surface area (TPSA) is 72.2 Å². The molecule has 0 aliphatic carbocycles. The lowest BCUT2D eigenvalue weighted by Crippen LogP contribution is -2.26. The van der Waals surface area contributed by atoms with E-state index in [9.17, 15) is 9.59 Å². The van der Waals surface area contributed by atoms with Gasteiger partial charge in [-0.15, -0.1) is 0 Å². The Balaban J connectivity index is 1.40. The molecule has 210 valence electrons. The number of hydrogen-bond acceptors (Lipinski definition) is 4. The van der Waals surface area contributed by atoms with Gasteiger partial charge in [0.25, 0.3) is 11.8 Å². The average molecular weight is 721 g/mol. The van der Waals surface area contributed by atoms with Crippen molar-refractivity contribution >= 4 is 98.4 Å². The van der Waals surface area contributed by atoms with Crippen LogP contribution in [0, 0.1) is 0 Å². The van der Waals surface area contributed by atoms with Crippen LogP contribution in [0.1, 0.15) is 20.7 Å². The van der Waals surface area contributed by atoms with Gasteiger partial charge in [0, 0.05) is 56.2 Å². The number of aromatic amines is 2. The molecule has 4 aromatic carbocycles. The molecule has 0 fully saturated rings. The summed E-state index contributed by atoms with van der Waals surface area (Å²) >= 11 is 7.13. The van der Waals surface area contributed by atoms with Crippen molar-refractivity contribution in [3.8, 4) is 0 Å². The molecular weight excluding hydrogens is 696 g/mol. The second kappa shape index (κ2) is 12.0. The average Bonchev–Trinajstić information content (AvgIpc) is 3.56. The number of halogens is 2. The maximum atomic E-state index is 14.0. The highest BCUT2D eigenvalue weighted by Crippen LogP contribution is 2.45. The van der Waals surface area contributed by atoms with Crippen molar-refractivity contribution in [2.45, 2.75) is 10.1 Å². The summed E-state index contributed by atoms with van der Waals surface area (Å²) in [5.74, 6) is -0.260. The first kappa shape index (κ1) is 28.7. The first-order valence-electron chi connectivity index (χ1n) is 12.9. The Kier molecular flexibility index (Phi) is 8.22. The van der Waals surface area contributed by atoms with Crippen molar-refractivity contribution < 1.29 is 9.59 Å². The second-order valence-corrected chi connectivity index (χ2v) is 13.6. The maximum absolute atomic E-state index is 14.0. The number of H-pyrrole nitrogens is 2. The van der Waals surface area contributed by atoms with E-state index in [2.05, 4.69) is 41.8 Å². The lowest BCUT2D eigenvalue weighted by molar-refractivity contribution is 0.0984. The number of fused-ring (bicyclic) bond motifs is 2. The molecule has 2 aromatic heterocycles. The van der Waals surface area contributed by atoms with Gasteiger partial charge in [-0.05, 0) is 82.3 Å². The van der Waals surface area contributed by atoms with Gasteiger partial charge in [0.2, 0.25) is 0 Å². The van der Waals surface area contributed by atoms with Crippen molar-refractivity contribution in [1.29, 1.82) is 0 Å². The van der Waals surface area contributed by atoms with E-state index in [1.165, 1.54) is 21.6 Å². The molecule has 6 aromatic rings. The third-order valence-corrected chi connectivity index (χ3v) is 10.3. The van der Waals surface area contributed by atoms with Gasteiger partial charge in [0.05, 0.1) is 21.2 Å². The van der Waals surface area contributed by atoms with E-state index in [-0.39, 0.29) is 11.8 Å². The van der Waals surface area contributed by atoms with Crippen molar-refractivity contribution in [1.82, 2.24) is 9.97 Å². The van der Waals surface area contributed by atoms with E-state index in [0.29, 0.717) is 21.2 Å². The molecule has 0 atom stereocenters. The molecule has 0 saturated heterocycles. The van der Waals surface area contributed by atoms with Crippen LogP contribution in [0.5, 0.6) is 0 Å². The Hall–Kier alpha value is -3.44. The maximum Gasteiger partial charge on any atom is 0.261 e. The first-order chi connectivity index (χ1) is 20.3. The molecule has 2 amide bonds. The van der Waals surface area contributed by atoms with Crippen molar-refractivity contribution in [3.63, 3.8) is 0 Å². The zero-order chi connectivity index (χ0) is 29.4. The lowest BCUT2D eigenvalue weighted by atomic mass is 10.1. The first-order valence-corrected chi connectivity index (χ1v) is 16.7. The van der Waals surface area contributed by atoms with Crippen LogP contribution in [0.15, 0.2) is 116 Å². The monoisotopic (exact) mass is 718 g/mol. The number of aromatic nitrogens is 2. The van der Waals surface area contributed by atoms with Gasteiger partial charge in [-0.2, -0.15) is 0 Å². The molecule has 0 saturated carbocycles. The Morgan fingerprint density at radius 1 is 0.595 bits per heavy atom. The van der Waals surface area contributed by atoms with Crippen molar-refractivity contribution in [2.24, 2.45) is 0 Å². The van der Waals surface area contributed by atoms with E-state index in [1.807, 2.05) is 97.1 Å². The van der Waals surface area contributed by atoms with E-state index in [1.54, 1.807) is 23.9 Å². The number of nitrogens with zero attached hydrogens (tertiary/aromatic N) is 2. The predicted octanol–water partition coefficient (Wildman–Crippen LogP) is 9.53. The van der Waals surface area contributed by atoms with Crippen LogP contribution in [0.3, 0.4) is 0 Å². The number of carbonyl (C=O) groups excluding carboxylic acids is 2. The summed E-state index contributed by atoms with van der Waals surface area (Å²) in [4.78, 5) is 38.1. The highest BCUT2D eigenvalue weighted by molar-refractivity contribution is 9.10.